The molecule has 0 fully saturated rings. The third-order valence-corrected chi connectivity index (χ3v) is 3.42. The van der Waals surface area contributed by atoms with E-state index in [1.807, 2.05) is 12.1 Å². The van der Waals surface area contributed by atoms with Crippen LogP contribution < -0.4 is 10.5 Å². The summed E-state index contributed by atoms with van der Waals surface area (Å²) in [6.07, 6.45) is 3.13. The maximum atomic E-state index is 5.75. The average Bonchev–Trinajstić information content (AvgIpc) is 2.28. The minimum absolute atomic E-state index is 0.516. The first kappa shape index (κ1) is 11.6. The Morgan fingerprint density at radius 3 is 2.94 bits per heavy atom. The fourth-order valence-electron chi connectivity index (χ4n) is 1.09. The van der Waals surface area contributed by atoms with E-state index >= 15 is 0 Å². The number of benzene rings is 1. The van der Waals surface area contributed by atoms with Crippen molar-refractivity contribution in [1.82, 2.24) is 9.97 Å². The van der Waals surface area contributed by atoms with E-state index in [1.165, 1.54) is 6.33 Å². The number of halogens is 2. The van der Waals surface area contributed by atoms with Gasteiger partial charge in [0.15, 0.2) is 0 Å². The summed E-state index contributed by atoms with van der Waals surface area (Å²) in [4.78, 5) is 7.93. The molecule has 0 saturated carbocycles. The predicted octanol–water partition coefficient (Wildman–Crippen LogP) is 3.22. The summed E-state index contributed by atoms with van der Waals surface area (Å²) < 4.78 is 7.20. The molecule has 2 N–H and O–H groups in total. The molecule has 0 amide bonds. The molecule has 4 nitrogen and oxygen atoms in total. The summed E-state index contributed by atoms with van der Waals surface area (Å²) in [5.41, 5.74) is 6.38. The number of aromatic nitrogens is 2. The fourth-order valence-corrected chi connectivity index (χ4v) is 1.84. The van der Waals surface area contributed by atoms with Crippen LogP contribution in [0.25, 0.3) is 0 Å². The molecular formula is C10H7BrIN3O. The van der Waals surface area contributed by atoms with Gasteiger partial charge in [-0.1, -0.05) is 6.07 Å². The first-order valence-electron chi connectivity index (χ1n) is 4.36. The van der Waals surface area contributed by atoms with E-state index < -0.39 is 0 Å². The van der Waals surface area contributed by atoms with E-state index in [0.717, 1.165) is 8.04 Å². The summed E-state index contributed by atoms with van der Waals surface area (Å²) >= 11 is 5.48. The van der Waals surface area contributed by atoms with Crippen LogP contribution in [0.1, 0.15) is 0 Å². The van der Waals surface area contributed by atoms with Crippen molar-refractivity contribution in [3.05, 3.63) is 38.8 Å². The third kappa shape index (κ3) is 2.43. The molecule has 0 radical (unpaired) electrons. The van der Waals surface area contributed by atoms with Crippen LogP contribution in [-0.4, -0.2) is 9.97 Å². The lowest BCUT2D eigenvalue weighted by Crippen LogP contribution is -1.94. The second-order valence-corrected chi connectivity index (χ2v) is 4.89. The molecule has 0 aliphatic carbocycles. The Balaban J connectivity index is 2.35. The minimum atomic E-state index is 0.516. The highest BCUT2D eigenvalue weighted by atomic mass is 127. The van der Waals surface area contributed by atoms with Gasteiger partial charge in [-0.15, -0.1) is 0 Å². The van der Waals surface area contributed by atoms with E-state index in [4.69, 9.17) is 10.5 Å². The van der Waals surface area contributed by atoms with Crippen molar-refractivity contribution in [2.75, 3.05) is 5.73 Å². The van der Waals surface area contributed by atoms with Gasteiger partial charge in [0.25, 0.3) is 0 Å². The monoisotopic (exact) mass is 391 g/mol. The zero-order valence-corrected chi connectivity index (χ0v) is 11.8. The van der Waals surface area contributed by atoms with Gasteiger partial charge < -0.3 is 10.5 Å². The molecule has 0 unspecified atom stereocenters. The van der Waals surface area contributed by atoms with Crippen molar-refractivity contribution < 1.29 is 4.74 Å². The Hall–Kier alpha value is -0.890. The van der Waals surface area contributed by atoms with Gasteiger partial charge in [0.1, 0.15) is 12.1 Å². The molecule has 1 aromatic heterocycles. The number of nitrogens with zero attached hydrogens (tertiary/aromatic N) is 2. The van der Waals surface area contributed by atoms with Crippen LogP contribution in [0.5, 0.6) is 11.6 Å². The summed E-state index contributed by atoms with van der Waals surface area (Å²) in [5.74, 6) is 1.15. The Kier molecular flexibility index (Phi) is 3.59. The zero-order chi connectivity index (χ0) is 11.5. The number of hydrogen-bond acceptors (Lipinski definition) is 4. The van der Waals surface area contributed by atoms with Crippen molar-refractivity contribution in [3.8, 4) is 11.6 Å². The van der Waals surface area contributed by atoms with Crippen molar-refractivity contribution in [2.24, 2.45) is 0 Å². The van der Waals surface area contributed by atoms with Gasteiger partial charge in [-0.2, -0.15) is 0 Å². The van der Waals surface area contributed by atoms with Gasteiger partial charge in [-0.3, -0.25) is 0 Å². The lowest BCUT2D eigenvalue weighted by atomic mass is 10.3. The number of rotatable bonds is 2. The highest BCUT2D eigenvalue weighted by Crippen LogP contribution is 2.34. The molecule has 6 heteroatoms. The average molecular weight is 392 g/mol. The van der Waals surface area contributed by atoms with Gasteiger partial charge in [0.05, 0.1) is 8.04 Å². The molecule has 0 bridgehead atoms. The number of nitrogen functional groups attached to an aromatic ring is 1. The Bertz CT molecular complexity index is 521. The maximum absolute atomic E-state index is 5.75. The first-order chi connectivity index (χ1) is 7.68. The van der Waals surface area contributed by atoms with E-state index in [1.54, 1.807) is 12.3 Å². The normalized spacial score (nSPS) is 10.1. The predicted molar refractivity (Wildman–Crippen MR) is 73.4 cm³/mol. The topological polar surface area (TPSA) is 61.0 Å². The smallest absolute Gasteiger partial charge is 0.235 e. The molecule has 16 heavy (non-hydrogen) atoms. The standard InChI is InChI=1S/C10H7BrIN3O/c11-9-7(13)2-1-3-8(9)16-10-6(12)4-14-5-15-10/h1-5H,13H2. The number of hydrogen-bond donors (Lipinski definition) is 1. The van der Waals surface area contributed by atoms with Crippen molar-refractivity contribution in [3.63, 3.8) is 0 Å². The molecule has 0 saturated heterocycles. The van der Waals surface area contributed by atoms with Crippen LogP contribution >= 0.6 is 38.5 Å². The molecule has 82 valence electrons. The summed E-state index contributed by atoms with van der Waals surface area (Å²) in [6, 6.07) is 5.43. The minimum Gasteiger partial charge on any atom is -0.437 e. The van der Waals surface area contributed by atoms with Gasteiger partial charge >= 0.3 is 0 Å². The van der Waals surface area contributed by atoms with Gasteiger partial charge in [0, 0.05) is 11.9 Å². The molecule has 1 heterocycles. The Morgan fingerprint density at radius 1 is 1.38 bits per heavy atom. The molecule has 2 aromatic rings. The molecule has 2 rings (SSSR count). The summed E-state index contributed by atoms with van der Waals surface area (Å²) in [6.45, 7) is 0. The Labute approximate surface area is 115 Å². The van der Waals surface area contributed by atoms with Crippen molar-refractivity contribution >= 4 is 44.2 Å². The second kappa shape index (κ2) is 4.96. The maximum Gasteiger partial charge on any atom is 0.235 e. The van der Waals surface area contributed by atoms with Crippen molar-refractivity contribution in [1.29, 1.82) is 0 Å². The summed E-state index contributed by atoms with van der Waals surface area (Å²) in [5, 5.41) is 0. The van der Waals surface area contributed by atoms with Crippen LogP contribution in [0.3, 0.4) is 0 Å². The number of nitrogens with two attached hydrogens (primary N) is 1. The highest BCUT2D eigenvalue weighted by molar-refractivity contribution is 14.1. The lowest BCUT2D eigenvalue weighted by molar-refractivity contribution is 0.455. The highest BCUT2D eigenvalue weighted by Gasteiger charge is 2.08. The largest absolute Gasteiger partial charge is 0.437 e. The van der Waals surface area contributed by atoms with Gasteiger partial charge in [-0.25, -0.2) is 9.97 Å². The molecule has 0 spiro atoms. The van der Waals surface area contributed by atoms with Crippen LogP contribution in [0.4, 0.5) is 5.69 Å². The fraction of sp³-hybridized carbons (Fsp3) is 0. The lowest BCUT2D eigenvalue weighted by Gasteiger charge is -2.08. The Morgan fingerprint density at radius 2 is 2.19 bits per heavy atom. The van der Waals surface area contributed by atoms with E-state index in [2.05, 4.69) is 48.5 Å². The second-order valence-electron chi connectivity index (χ2n) is 2.94. The van der Waals surface area contributed by atoms with E-state index in [9.17, 15) is 0 Å². The zero-order valence-electron chi connectivity index (χ0n) is 8.02. The molecular weight excluding hydrogens is 385 g/mol. The SMILES string of the molecule is Nc1cccc(Oc2ncncc2I)c1Br. The van der Waals surface area contributed by atoms with Gasteiger partial charge in [0.2, 0.25) is 5.88 Å². The summed E-state index contributed by atoms with van der Waals surface area (Å²) in [7, 11) is 0. The van der Waals surface area contributed by atoms with Crippen LogP contribution in [-0.2, 0) is 0 Å². The number of anilines is 1. The first-order valence-corrected chi connectivity index (χ1v) is 6.23. The van der Waals surface area contributed by atoms with Gasteiger partial charge in [-0.05, 0) is 50.7 Å². The molecule has 0 aliphatic heterocycles. The van der Waals surface area contributed by atoms with Crippen LogP contribution in [0.15, 0.2) is 35.2 Å². The van der Waals surface area contributed by atoms with Crippen LogP contribution in [0, 0.1) is 3.57 Å². The number of ether oxygens (including phenoxy) is 1. The third-order valence-electron chi connectivity index (χ3n) is 1.83. The molecule has 0 aliphatic rings. The van der Waals surface area contributed by atoms with Crippen molar-refractivity contribution in [2.45, 2.75) is 0 Å². The molecule has 0 atom stereocenters. The molecule has 1 aromatic carbocycles. The quantitative estimate of drug-likeness (QED) is 0.630. The van der Waals surface area contributed by atoms with Crippen LogP contribution in [0.2, 0.25) is 0 Å². The van der Waals surface area contributed by atoms with E-state index in [-0.39, 0.29) is 0 Å². The van der Waals surface area contributed by atoms with E-state index in [0.29, 0.717) is 17.3 Å².